The fraction of sp³-hybridized carbons (Fsp3) is 0.429. The number of thioether (sulfide) groups is 1. The van der Waals surface area contributed by atoms with E-state index in [1.165, 1.54) is 4.90 Å². The van der Waals surface area contributed by atoms with Gasteiger partial charge in [-0.2, -0.15) is 11.8 Å². The molecular formula is C14H20ClN3O2S. The Labute approximate surface area is 134 Å². The normalized spacial score (nSPS) is 11.9. The highest BCUT2D eigenvalue weighted by molar-refractivity contribution is 7.98. The number of anilines is 1. The Morgan fingerprint density at radius 1 is 1.43 bits per heavy atom. The highest BCUT2D eigenvalue weighted by Crippen LogP contribution is 2.22. The third-order valence-electron chi connectivity index (χ3n) is 2.85. The van der Waals surface area contributed by atoms with Gasteiger partial charge in [0, 0.05) is 19.1 Å². The number of nitrogens with zero attached hydrogens (tertiary/aromatic N) is 1. The average molecular weight is 330 g/mol. The zero-order valence-electron chi connectivity index (χ0n) is 12.4. The molecule has 0 saturated carbocycles. The number of hydrogen-bond donors (Lipinski definition) is 2. The van der Waals surface area contributed by atoms with Crippen LogP contribution in [0.25, 0.3) is 0 Å². The smallest absolute Gasteiger partial charge is 0.255 e. The van der Waals surface area contributed by atoms with Crippen LogP contribution in [-0.2, 0) is 4.79 Å². The van der Waals surface area contributed by atoms with Gasteiger partial charge >= 0.3 is 0 Å². The van der Waals surface area contributed by atoms with Gasteiger partial charge in [0.2, 0.25) is 5.91 Å². The van der Waals surface area contributed by atoms with Crippen LogP contribution in [0.4, 0.5) is 5.69 Å². The van der Waals surface area contributed by atoms with Gasteiger partial charge in [0.05, 0.1) is 17.3 Å². The first-order valence-corrected chi connectivity index (χ1v) is 8.20. The Morgan fingerprint density at radius 3 is 2.67 bits per heavy atom. The molecule has 0 aliphatic rings. The molecule has 0 aliphatic carbocycles. The summed E-state index contributed by atoms with van der Waals surface area (Å²) in [6, 6.07) is 4.14. The summed E-state index contributed by atoms with van der Waals surface area (Å²) in [5.74, 6) is 0.270. The summed E-state index contributed by atoms with van der Waals surface area (Å²) in [6.07, 6.45) is 2.53. The number of nitrogens with one attached hydrogen (secondary N) is 1. The maximum absolute atomic E-state index is 12.1. The van der Waals surface area contributed by atoms with Crippen LogP contribution in [0.3, 0.4) is 0 Å². The Kier molecular flexibility index (Phi) is 7.01. The highest BCUT2D eigenvalue weighted by Gasteiger charge is 2.18. The molecule has 0 saturated heterocycles. The van der Waals surface area contributed by atoms with Crippen molar-refractivity contribution in [3.63, 3.8) is 0 Å². The van der Waals surface area contributed by atoms with Gasteiger partial charge in [0.1, 0.15) is 0 Å². The van der Waals surface area contributed by atoms with E-state index < -0.39 is 6.04 Å². The largest absolute Gasteiger partial charge is 0.345 e. The van der Waals surface area contributed by atoms with Gasteiger partial charge in [0.25, 0.3) is 5.91 Å². The van der Waals surface area contributed by atoms with Crippen molar-refractivity contribution in [3.05, 3.63) is 28.8 Å². The molecule has 0 radical (unpaired) electrons. The molecule has 3 N–H and O–H groups in total. The summed E-state index contributed by atoms with van der Waals surface area (Å²) < 4.78 is 0. The molecule has 116 valence electrons. The van der Waals surface area contributed by atoms with Crippen molar-refractivity contribution in [1.29, 1.82) is 0 Å². The molecule has 0 fully saturated rings. The lowest BCUT2D eigenvalue weighted by Crippen LogP contribution is -2.36. The van der Waals surface area contributed by atoms with E-state index in [4.69, 9.17) is 17.3 Å². The van der Waals surface area contributed by atoms with Crippen LogP contribution >= 0.6 is 23.4 Å². The van der Waals surface area contributed by atoms with Crippen molar-refractivity contribution in [3.8, 4) is 0 Å². The quantitative estimate of drug-likeness (QED) is 0.837. The first kappa shape index (κ1) is 17.8. The summed E-state index contributed by atoms with van der Waals surface area (Å²) in [4.78, 5) is 25.6. The van der Waals surface area contributed by atoms with Gasteiger partial charge in [-0.15, -0.1) is 0 Å². The number of rotatable bonds is 6. The predicted molar refractivity (Wildman–Crippen MR) is 89.1 cm³/mol. The van der Waals surface area contributed by atoms with Gasteiger partial charge in [-0.3, -0.25) is 9.59 Å². The fourth-order valence-corrected chi connectivity index (χ4v) is 2.31. The van der Waals surface area contributed by atoms with Crippen LogP contribution in [0.15, 0.2) is 18.2 Å². The van der Waals surface area contributed by atoms with E-state index in [1.54, 1.807) is 44.1 Å². The van der Waals surface area contributed by atoms with Crippen LogP contribution in [0.2, 0.25) is 5.02 Å². The molecule has 0 spiro atoms. The number of hydrogen-bond acceptors (Lipinski definition) is 4. The number of carbonyl (C=O) groups is 2. The predicted octanol–water partition coefficient (Wildman–Crippen LogP) is 2.06. The molecule has 1 rings (SSSR count). The molecule has 1 aromatic rings. The monoisotopic (exact) mass is 329 g/mol. The summed E-state index contributed by atoms with van der Waals surface area (Å²) in [5, 5.41) is 3.13. The van der Waals surface area contributed by atoms with Gasteiger partial charge in [-0.25, -0.2) is 0 Å². The first-order valence-electron chi connectivity index (χ1n) is 6.43. The Bertz CT molecular complexity index is 523. The van der Waals surface area contributed by atoms with E-state index in [0.29, 0.717) is 22.7 Å². The molecule has 0 bridgehead atoms. The van der Waals surface area contributed by atoms with Crippen molar-refractivity contribution >= 4 is 40.9 Å². The minimum atomic E-state index is -0.612. The highest BCUT2D eigenvalue weighted by atomic mass is 35.5. The Hall–Kier alpha value is -1.24. The SMILES string of the molecule is CSCC[C@H](N)C(=O)Nc1cc(Cl)ccc1C(=O)N(C)C. The van der Waals surface area contributed by atoms with Crippen molar-refractivity contribution in [2.24, 2.45) is 5.73 Å². The molecule has 5 nitrogen and oxygen atoms in total. The van der Waals surface area contributed by atoms with Crippen LogP contribution in [0.5, 0.6) is 0 Å². The molecule has 2 amide bonds. The van der Waals surface area contributed by atoms with Gasteiger partial charge in [-0.1, -0.05) is 11.6 Å². The number of carbonyl (C=O) groups excluding carboxylic acids is 2. The third-order valence-corrected chi connectivity index (χ3v) is 3.72. The van der Waals surface area contributed by atoms with E-state index in [1.807, 2.05) is 6.26 Å². The van der Waals surface area contributed by atoms with Crippen LogP contribution in [0.1, 0.15) is 16.8 Å². The average Bonchev–Trinajstić information content (AvgIpc) is 2.44. The molecule has 0 heterocycles. The van der Waals surface area contributed by atoms with E-state index >= 15 is 0 Å². The topological polar surface area (TPSA) is 75.4 Å². The minimum absolute atomic E-state index is 0.209. The van der Waals surface area contributed by atoms with Crippen molar-refractivity contribution < 1.29 is 9.59 Å². The Balaban J connectivity index is 2.93. The molecule has 0 unspecified atom stereocenters. The lowest BCUT2D eigenvalue weighted by molar-refractivity contribution is -0.117. The second-order valence-electron chi connectivity index (χ2n) is 4.77. The molecule has 0 aromatic heterocycles. The lowest BCUT2D eigenvalue weighted by Gasteiger charge is -2.17. The van der Waals surface area contributed by atoms with E-state index in [9.17, 15) is 9.59 Å². The van der Waals surface area contributed by atoms with Gasteiger partial charge in [0.15, 0.2) is 0 Å². The first-order chi connectivity index (χ1) is 9.86. The second kappa shape index (κ2) is 8.26. The van der Waals surface area contributed by atoms with Crippen LogP contribution in [-0.4, -0.2) is 48.9 Å². The van der Waals surface area contributed by atoms with Crippen molar-refractivity contribution in [1.82, 2.24) is 4.90 Å². The molecular weight excluding hydrogens is 310 g/mol. The number of halogens is 1. The van der Waals surface area contributed by atoms with E-state index in [0.717, 1.165) is 5.75 Å². The fourth-order valence-electron chi connectivity index (χ4n) is 1.65. The maximum Gasteiger partial charge on any atom is 0.255 e. The molecule has 21 heavy (non-hydrogen) atoms. The van der Waals surface area contributed by atoms with Gasteiger partial charge < -0.3 is 16.0 Å². The van der Waals surface area contributed by atoms with Crippen LogP contribution in [0, 0.1) is 0 Å². The van der Waals surface area contributed by atoms with Crippen molar-refractivity contribution in [2.75, 3.05) is 31.4 Å². The third kappa shape index (κ3) is 5.22. The Morgan fingerprint density at radius 2 is 2.10 bits per heavy atom. The molecule has 0 aliphatic heterocycles. The zero-order valence-corrected chi connectivity index (χ0v) is 13.9. The zero-order chi connectivity index (χ0) is 16.0. The van der Waals surface area contributed by atoms with E-state index in [2.05, 4.69) is 5.32 Å². The second-order valence-corrected chi connectivity index (χ2v) is 6.19. The van der Waals surface area contributed by atoms with Crippen LogP contribution < -0.4 is 11.1 Å². The minimum Gasteiger partial charge on any atom is -0.345 e. The summed E-state index contributed by atoms with van der Waals surface area (Å²) in [6.45, 7) is 0. The maximum atomic E-state index is 12.1. The van der Waals surface area contributed by atoms with Crippen molar-refractivity contribution in [2.45, 2.75) is 12.5 Å². The van der Waals surface area contributed by atoms with Gasteiger partial charge in [-0.05, 0) is 36.6 Å². The molecule has 1 atom stereocenters. The molecule has 7 heteroatoms. The number of nitrogens with two attached hydrogens (primary N) is 1. The lowest BCUT2D eigenvalue weighted by atomic mass is 10.1. The summed E-state index contributed by atoms with van der Waals surface area (Å²) in [7, 11) is 3.29. The number of benzene rings is 1. The van der Waals surface area contributed by atoms with E-state index in [-0.39, 0.29) is 11.8 Å². The standard InChI is InChI=1S/C14H20ClN3O2S/c1-18(2)14(20)10-5-4-9(15)8-12(10)17-13(19)11(16)6-7-21-3/h4-5,8,11H,6-7,16H2,1-3H3,(H,17,19)/t11-/m0/s1. The summed E-state index contributed by atoms with van der Waals surface area (Å²) >= 11 is 7.56. The summed E-state index contributed by atoms with van der Waals surface area (Å²) in [5.41, 5.74) is 6.59. The molecule has 1 aromatic carbocycles. The number of amides is 2.